The summed E-state index contributed by atoms with van der Waals surface area (Å²) in [6.07, 6.45) is 6.39. The van der Waals surface area contributed by atoms with Gasteiger partial charge in [0.1, 0.15) is 0 Å². The van der Waals surface area contributed by atoms with Gasteiger partial charge in [-0.1, -0.05) is 0 Å². The minimum absolute atomic E-state index is 0.298. The standard InChI is InChI=1S/C11H19NO/c12-10-8-1-7-2-9(10)5-11(3-7,4-8)6-13/h7-10,13H,1-6,12H2/t7?,8-,9+,10?,11?. The Bertz CT molecular complexity index is 212. The van der Waals surface area contributed by atoms with Crippen molar-refractivity contribution >= 4 is 0 Å². The van der Waals surface area contributed by atoms with Crippen LogP contribution >= 0.6 is 0 Å². The molecule has 0 spiro atoms. The molecule has 3 unspecified atom stereocenters. The number of hydrogen-bond donors (Lipinski definition) is 2. The van der Waals surface area contributed by atoms with E-state index in [1.165, 1.54) is 32.1 Å². The molecule has 4 rings (SSSR count). The van der Waals surface area contributed by atoms with Crippen LogP contribution in [0.15, 0.2) is 0 Å². The van der Waals surface area contributed by atoms with Crippen molar-refractivity contribution in [2.24, 2.45) is 28.9 Å². The van der Waals surface area contributed by atoms with E-state index in [-0.39, 0.29) is 0 Å². The number of hydrogen-bond acceptors (Lipinski definition) is 2. The molecular weight excluding hydrogens is 162 g/mol. The first-order valence-corrected chi connectivity index (χ1v) is 5.59. The zero-order valence-corrected chi connectivity index (χ0v) is 8.08. The number of aliphatic hydroxyl groups excluding tert-OH is 1. The lowest BCUT2D eigenvalue weighted by atomic mass is 9.48. The first kappa shape index (κ1) is 8.25. The van der Waals surface area contributed by atoms with Crippen LogP contribution in [0.4, 0.5) is 0 Å². The molecular formula is C11H19NO. The van der Waals surface area contributed by atoms with Gasteiger partial charge in [-0.2, -0.15) is 0 Å². The summed E-state index contributed by atoms with van der Waals surface area (Å²) in [5.41, 5.74) is 6.50. The lowest BCUT2D eigenvalue weighted by Gasteiger charge is -2.58. The molecule has 3 N–H and O–H groups in total. The van der Waals surface area contributed by atoms with Gasteiger partial charge in [-0.3, -0.25) is 0 Å². The zero-order chi connectivity index (χ0) is 9.05. The molecule has 0 aromatic rings. The second kappa shape index (κ2) is 2.48. The summed E-state index contributed by atoms with van der Waals surface area (Å²) in [5.74, 6) is 2.36. The summed E-state index contributed by atoms with van der Waals surface area (Å²) in [6, 6.07) is 0.455. The highest BCUT2D eigenvalue weighted by Gasteiger charge is 2.53. The van der Waals surface area contributed by atoms with E-state index in [2.05, 4.69) is 0 Å². The molecule has 4 saturated carbocycles. The van der Waals surface area contributed by atoms with Crippen LogP contribution in [-0.4, -0.2) is 17.8 Å². The fourth-order valence-corrected chi connectivity index (χ4v) is 4.43. The van der Waals surface area contributed by atoms with Crippen LogP contribution in [0.5, 0.6) is 0 Å². The summed E-state index contributed by atoms with van der Waals surface area (Å²) >= 11 is 0. The first-order valence-electron chi connectivity index (χ1n) is 5.59. The molecule has 4 fully saturated rings. The van der Waals surface area contributed by atoms with Crippen molar-refractivity contribution in [3.05, 3.63) is 0 Å². The SMILES string of the molecule is NC1[C@@H]2CC3C[C@H]1CC(CO)(C3)C2. The van der Waals surface area contributed by atoms with Crippen molar-refractivity contribution in [3.8, 4) is 0 Å². The summed E-state index contributed by atoms with van der Waals surface area (Å²) in [6.45, 7) is 0.406. The maximum Gasteiger partial charge on any atom is 0.0487 e. The summed E-state index contributed by atoms with van der Waals surface area (Å²) in [5, 5.41) is 9.48. The molecule has 0 heterocycles. The van der Waals surface area contributed by atoms with Crippen LogP contribution < -0.4 is 5.73 Å². The Kier molecular flexibility index (Phi) is 1.58. The smallest absolute Gasteiger partial charge is 0.0487 e. The Morgan fingerprint density at radius 1 is 1.15 bits per heavy atom. The molecule has 2 nitrogen and oxygen atoms in total. The molecule has 0 radical (unpaired) electrons. The molecule has 4 bridgehead atoms. The average molecular weight is 181 g/mol. The Morgan fingerprint density at radius 2 is 1.77 bits per heavy atom. The van der Waals surface area contributed by atoms with Crippen molar-refractivity contribution in [3.63, 3.8) is 0 Å². The van der Waals surface area contributed by atoms with Crippen molar-refractivity contribution in [2.45, 2.75) is 38.1 Å². The number of rotatable bonds is 1. The molecule has 74 valence electrons. The topological polar surface area (TPSA) is 46.2 Å². The van der Waals surface area contributed by atoms with Gasteiger partial charge in [0.2, 0.25) is 0 Å². The minimum Gasteiger partial charge on any atom is -0.396 e. The van der Waals surface area contributed by atoms with E-state index in [1.54, 1.807) is 0 Å². The van der Waals surface area contributed by atoms with Crippen LogP contribution in [0.1, 0.15) is 32.1 Å². The Balaban J connectivity index is 1.92. The first-order chi connectivity index (χ1) is 6.22. The molecule has 4 aliphatic rings. The Hall–Kier alpha value is -0.0800. The lowest BCUT2D eigenvalue weighted by molar-refractivity contribution is -0.0912. The third kappa shape index (κ3) is 1.02. The van der Waals surface area contributed by atoms with Crippen molar-refractivity contribution in [1.82, 2.24) is 0 Å². The summed E-state index contributed by atoms with van der Waals surface area (Å²) in [4.78, 5) is 0. The maximum atomic E-state index is 9.48. The highest BCUT2D eigenvalue weighted by molar-refractivity contribution is 5.06. The van der Waals surface area contributed by atoms with Crippen LogP contribution in [0.25, 0.3) is 0 Å². The Labute approximate surface area is 79.5 Å². The monoisotopic (exact) mass is 181 g/mol. The molecule has 0 saturated heterocycles. The molecule has 4 aliphatic carbocycles. The lowest BCUT2D eigenvalue weighted by Crippen LogP contribution is -2.57. The van der Waals surface area contributed by atoms with E-state index in [9.17, 15) is 5.11 Å². The molecule has 0 amide bonds. The third-order valence-electron chi connectivity index (χ3n) is 4.81. The van der Waals surface area contributed by atoms with Crippen molar-refractivity contribution in [1.29, 1.82) is 0 Å². The summed E-state index contributed by atoms with van der Waals surface area (Å²) in [7, 11) is 0. The van der Waals surface area contributed by atoms with Gasteiger partial charge in [-0.15, -0.1) is 0 Å². The highest BCUT2D eigenvalue weighted by atomic mass is 16.3. The molecule has 2 heteroatoms. The number of nitrogens with two attached hydrogens (primary N) is 1. The van der Waals surface area contributed by atoms with Gasteiger partial charge >= 0.3 is 0 Å². The fraction of sp³-hybridized carbons (Fsp3) is 1.00. The van der Waals surface area contributed by atoms with E-state index < -0.39 is 0 Å². The van der Waals surface area contributed by atoms with Gasteiger partial charge in [0.05, 0.1) is 0 Å². The largest absolute Gasteiger partial charge is 0.396 e. The quantitative estimate of drug-likeness (QED) is 0.637. The van der Waals surface area contributed by atoms with Gasteiger partial charge in [0.15, 0.2) is 0 Å². The van der Waals surface area contributed by atoms with Gasteiger partial charge in [0.25, 0.3) is 0 Å². The molecule has 13 heavy (non-hydrogen) atoms. The van der Waals surface area contributed by atoms with Crippen molar-refractivity contribution < 1.29 is 5.11 Å². The molecule has 0 aliphatic heterocycles. The van der Waals surface area contributed by atoms with E-state index in [1.807, 2.05) is 0 Å². The second-order valence-corrected chi connectivity index (χ2v) is 5.71. The van der Waals surface area contributed by atoms with Crippen molar-refractivity contribution in [2.75, 3.05) is 6.61 Å². The minimum atomic E-state index is 0.298. The predicted octanol–water partition coefficient (Wildman–Crippen LogP) is 1.13. The zero-order valence-electron chi connectivity index (χ0n) is 8.08. The summed E-state index contributed by atoms with van der Waals surface area (Å²) < 4.78 is 0. The predicted molar refractivity (Wildman–Crippen MR) is 51.0 cm³/mol. The van der Waals surface area contributed by atoms with Crippen LogP contribution in [0.2, 0.25) is 0 Å². The molecule has 0 aromatic heterocycles. The fourth-order valence-electron chi connectivity index (χ4n) is 4.43. The number of aliphatic hydroxyl groups is 1. The highest BCUT2D eigenvalue weighted by Crippen LogP contribution is 2.59. The van der Waals surface area contributed by atoms with Crippen LogP contribution in [0, 0.1) is 23.2 Å². The molecule has 0 aromatic carbocycles. The van der Waals surface area contributed by atoms with Gasteiger partial charge in [-0.25, -0.2) is 0 Å². The van der Waals surface area contributed by atoms with Crippen LogP contribution in [0.3, 0.4) is 0 Å². The maximum absolute atomic E-state index is 9.48. The van der Waals surface area contributed by atoms with Gasteiger partial charge in [-0.05, 0) is 55.3 Å². The third-order valence-corrected chi connectivity index (χ3v) is 4.81. The van der Waals surface area contributed by atoms with E-state index in [4.69, 9.17) is 5.73 Å². The average Bonchev–Trinajstić information content (AvgIpc) is 2.13. The van der Waals surface area contributed by atoms with E-state index >= 15 is 0 Å². The van der Waals surface area contributed by atoms with Gasteiger partial charge in [0, 0.05) is 12.6 Å². The molecule has 5 atom stereocenters. The van der Waals surface area contributed by atoms with E-state index in [0.29, 0.717) is 18.1 Å². The normalized spacial score (nSPS) is 58.6. The van der Waals surface area contributed by atoms with E-state index in [0.717, 1.165) is 17.8 Å². The van der Waals surface area contributed by atoms with Gasteiger partial charge < -0.3 is 10.8 Å². The second-order valence-electron chi connectivity index (χ2n) is 5.71. The van der Waals surface area contributed by atoms with Crippen LogP contribution in [-0.2, 0) is 0 Å². The Morgan fingerprint density at radius 3 is 2.31 bits per heavy atom.